The normalized spacial score (nSPS) is 32.0. The van der Waals surface area contributed by atoms with Crippen LogP contribution in [0.25, 0.3) is 11.0 Å². The number of methoxy groups -OCH3 is 1. The summed E-state index contributed by atoms with van der Waals surface area (Å²) in [6, 6.07) is 2.70. The number of alkyl halides is 2. The van der Waals surface area contributed by atoms with Crippen LogP contribution >= 0.6 is 0 Å². The van der Waals surface area contributed by atoms with E-state index in [-0.39, 0.29) is 24.8 Å². The zero-order valence-electron chi connectivity index (χ0n) is 34.7. The quantitative estimate of drug-likeness (QED) is 0.331. The molecule has 2 aliphatic heterocycles. The average Bonchev–Trinajstić information content (AvgIpc) is 4.12. The van der Waals surface area contributed by atoms with Gasteiger partial charge in [0.2, 0.25) is 34.1 Å². The molecule has 4 fully saturated rings. The Morgan fingerprint density at radius 1 is 1.08 bits per heavy atom. The van der Waals surface area contributed by atoms with E-state index in [0.29, 0.717) is 48.2 Å². The Labute approximate surface area is 343 Å². The van der Waals surface area contributed by atoms with Crippen molar-refractivity contribution in [1.29, 1.82) is 0 Å². The van der Waals surface area contributed by atoms with E-state index in [9.17, 15) is 36.4 Å². The number of halogens is 2. The molecule has 2 bridgehead atoms. The highest BCUT2D eigenvalue weighted by Crippen LogP contribution is 2.51. The lowest BCUT2D eigenvalue weighted by atomic mass is 9.85. The fourth-order valence-corrected chi connectivity index (χ4v) is 10.1. The van der Waals surface area contributed by atoms with Crippen LogP contribution in [-0.2, 0) is 35.6 Å². The monoisotopic (exact) mass is 846 g/mol. The summed E-state index contributed by atoms with van der Waals surface area (Å²) in [5.74, 6) is -4.39. The summed E-state index contributed by atoms with van der Waals surface area (Å²) in [6.45, 7) is 10.2. The van der Waals surface area contributed by atoms with Crippen molar-refractivity contribution >= 4 is 44.9 Å². The van der Waals surface area contributed by atoms with Crippen LogP contribution in [0.3, 0.4) is 0 Å². The molecule has 1 aromatic heterocycles. The number of hydrogen-bond donors (Lipinski definition) is 3. The molecule has 324 valence electrons. The molecule has 0 unspecified atom stereocenters. The van der Waals surface area contributed by atoms with E-state index in [4.69, 9.17) is 24.2 Å². The van der Waals surface area contributed by atoms with Crippen LogP contribution in [-0.4, -0.2) is 101 Å². The highest BCUT2D eigenvalue weighted by atomic mass is 32.2. The minimum absolute atomic E-state index is 0.147. The van der Waals surface area contributed by atoms with Crippen LogP contribution in [0.4, 0.5) is 13.6 Å². The number of amides is 4. The van der Waals surface area contributed by atoms with Crippen LogP contribution < -0.4 is 24.8 Å². The fraction of sp³-hybridized carbons (Fsp3) is 0.707. The maximum absolute atomic E-state index is 14.9. The van der Waals surface area contributed by atoms with Gasteiger partial charge in [0, 0.05) is 17.9 Å². The third kappa shape index (κ3) is 8.26. The summed E-state index contributed by atoms with van der Waals surface area (Å²) in [5.41, 5.74) is -2.16. The lowest BCUT2D eigenvalue weighted by molar-refractivity contribution is -0.144. The zero-order valence-corrected chi connectivity index (χ0v) is 35.5. The Balaban J connectivity index is 1.28. The molecule has 5 aliphatic rings. The molecule has 1 aromatic carbocycles. The first-order chi connectivity index (χ1) is 27.6. The molecule has 1 saturated heterocycles. The van der Waals surface area contributed by atoms with E-state index in [0.717, 1.165) is 25.7 Å². The number of nitrogens with zero attached hydrogens (tertiary/aromatic N) is 3. The van der Waals surface area contributed by atoms with Crippen molar-refractivity contribution in [2.24, 2.45) is 23.2 Å². The van der Waals surface area contributed by atoms with Crippen molar-refractivity contribution in [2.75, 3.05) is 13.7 Å². The number of fused-ring (bicyclic) bond motifs is 5. The molecular formula is C41H56F2N6O9S. The van der Waals surface area contributed by atoms with Gasteiger partial charge in [-0.05, 0) is 82.8 Å². The van der Waals surface area contributed by atoms with Crippen molar-refractivity contribution in [1.82, 2.24) is 30.2 Å². The minimum Gasteiger partial charge on any atom is -0.497 e. The van der Waals surface area contributed by atoms with Crippen LogP contribution in [0.2, 0.25) is 0 Å². The second kappa shape index (κ2) is 15.3. The molecule has 18 heteroatoms. The number of nitrogens with one attached hydrogen (secondary N) is 3. The van der Waals surface area contributed by atoms with Gasteiger partial charge >= 0.3 is 6.09 Å². The maximum atomic E-state index is 14.9. The lowest BCUT2D eigenvalue weighted by Crippen LogP contribution is -2.61. The number of carbonyl (C=O) groups excluding carboxylic acids is 4. The molecule has 59 heavy (non-hydrogen) atoms. The predicted molar refractivity (Wildman–Crippen MR) is 211 cm³/mol. The topological polar surface area (TPSA) is 195 Å². The molecular weight excluding hydrogens is 791 g/mol. The van der Waals surface area contributed by atoms with Gasteiger partial charge in [0.1, 0.15) is 40.8 Å². The Kier molecular flexibility index (Phi) is 11.1. The summed E-state index contributed by atoms with van der Waals surface area (Å²) >= 11 is 0. The highest BCUT2D eigenvalue weighted by molar-refractivity contribution is 7.91. The number of aryl methyl sites for hydroxylation is 1. The number of carbonyl (C=O) groups is 4. The number of benzene rings is 1. The van der Waals surface area contributed by atoms with Crippen LogP contribution in [0.5, 0.6) is 11.6 Å². The molecule has 7 rings (SSSR count). The van der Waals surface area contributed by atoms with E-state index in [1.807, 2.05) is 11.6 Å². The van der Waals surface area contributed by atoms with Crippen LogP contribution in [0.15, 0.2) is 18.2 Å². The van der Waals surface area contributed by atoms with Gasteiger partial charge in [-0.1, -0.05) is 40.5 Å². The summed E-state index contributed by atoms with van der Waals surface area (Å²) in [5, 5.41) is 5.29. The van der Waals surface area contributed by atoms with E-state index in [1.54, 1.807) is 45.9 Å². The molecule has 3 saturated carbocycles. The number of aromatic nitrogens is 2. The average molecular weight is 847 g/mol. The first kappa shape index (κ1) is 42.8. The van der Waals surface area contributed by atoms with Gasteiger partial charge in [-0.25, -0.2) is 32.0 Å². The van der Waals surface area contributed by atoms with E-state index in [2.05, 4.69) is 10.6 Å². The van der Waals surface area contributed by atoms with Gasteiger partial charge in [0.15, 0.2) is 0 Å². The number of alkyl carbamates (subject to hydrolysis) is 1. The summed E-state index contributed by atoms with van der Waals surface area (Å²) in [6.07, 6.45) is 0.142. The van der Waals surface area contributed by atoms with Gasteiger partial charge in [-0.3, -0.25) is 19.1 Å². The summed E-state index contributed by atoms with van der Waals surface area (Å²) in [4.78, 5) is 67.9. The smallest absolute Gasteiger partial charge is 0.408 e. The minimum atomic E-state index is -4.25. The molecule has 0 spiro atoms. The van der Waals surface area contributed by atoms with Gasteiger partial charge in [-0.2, -0.15) is 0 Å². The molecule has 0 radical (unpaired) electrons. The van der Waals surface area contributed by atoms with Crippen LogP contribution in [0, 0.1) is 23.2 Å². The fourth-order valence-electron chi connectivity index (χ4n) is 8.76. The van der Waals surface area contributed by atoms with Gasteiger partial charge in [0.05, 0.1) is 35.4 Å². The second-order valence-electron chi connectivity index (χ2n) is 18.6. The van der Waals surface area contributed by atoms with Gasteiger partial charge in [0.25, 0.3) is 5.91 Å². The third-order valence-corrected chi connectivity index (χ3v) is 15.4. The van der Waals surface area contributed by atoms with Crippen molar-refractivity contribution in [3.63, 3.8) is 0 Å². The second-order valence-corrected chi connectivity index (χ2v) is 20.8. The maximum Gasteiger partial charge on any atom is 0.408 e. The predicted octanol–water partition coefficient (Wildman–Crippen LogP) is 4.80. The first-order valence-electron chi connectivity index (χ1n) is 20.6. The molecule has 15 nitrogen and oxygen atoms in total. The number of rotatable bonds is 8. The summed E-state index contributed by atoms with van der Waals surface area (Å²) < 4.78 is 73.8. The molecule has 8 atom stereocenters. The standard InChI is InChI=1S/C41H56F2N6O9S/c1-8-24-29-21-49(30(24)33(50)47-41(20-25(41)32(42)43)36(52)48-59(54,55)39(5)16-17-39)35(51)31(38(2,3)4)46-37(53)58-40(6)19-22(40)12-10-9-11-13-27-34(57-29)45-28-18-23(56-7)14-15-26(28)44-27/h14-15,18,22,24-25,29-32H,8-13,16-17,19-21H2,1-7H3,(H,46,53)(H,47,50)(H,48,52)/t22-,24-,25+,29+,30+,31-,40-,41-/m1/s1. The highest BCUT2D eigenvalue weighted by Gasteiger charge is 2.68. The Morgan fingerprint density at radius 3 is 2.44 bits per heavy atom. The Morgan fingerprint density at radius 2 is 1.81 bits per heavy atom. The van der Waals surface area contributed by atoms with Crippen molar-refractivity contribution in [3.05, 3.63) is 23.9 Å². The largest absolute Gasteiger partial charge is 0.497 e. The van der Waals surface area contributed by atoms with E-state index in [1.165, 1.54) is 18.9 Å². The van der Waals surface area contributed by atoms with Crippen LogP contribution in [0.1, 0.15) is 105 Å². The summed E-state index contributed by atoms with van der Waals surface area (Å²) in [7, 11) is -2.71. The molecule has 3 heterocycles. The number of ether oxygens (including phenoxy) is 3. The van der Waals surface area contributed by atoms with Crippen molar-refractivity contribution < 1.29 is 50.6 Å². The molecule has 3 N–H and O–H groups in total. The molecule has 2 aromatic rings. The van der Waals surface area contributed by atoms with Crippen molar-refractivity contribution in [3.8, 4) is 11.6 Å². The van der Waals surface area contributed by atoms with E-state index < -0.39 is 98.0 Å². The zero-order chi connectivity index (χ0) is 42.9. The van der Waals surface area contributed by atoms with Gasteiger partial charge < -0.3 is 29.7 Å². The SMILES string of the molecule is CC[C@@H]1[C@@H]2CN(C(=O)[C@H](C(C)(C)C)NC(=O)O[C@]3(C)C[C@H]3CCCCCc3nc4ccc(OC)cc4nc3O2)[C@@H]1C(=O)N[C@]1(C(=O)NS(=O)(=O)C2(C)CC2)C[C@H]1C(F)F. The lowest BCUT2D eigenvalue weighted by Gasteiger charge is -2.36. The molecule has 3 aliphatic carbocycles. The van der Waals surface area contributed by atoms with E-state index >= 15 is 0 Å². The number of hydrogen-bond acceptors (Lipinski definition) is 11. The Hall–Kier alpha value is -4.35. The Bertz CT molecular complexity index is 2130. The third-order valence-electron chi connectivity index (χ3n) is 13.2. The van der Waals surface area contributed by atoms with Gasteiger partial charge in [-0.15, -0.1) is 0 Å². The number of sulfonamides is 1. The molecule has 4 amide bonds. The first-order valence-corrected chi connectivity index (χ1v) is 22.1. The van der Waals surface area contributed by atoms with Crippen molar-refractivity contribution in [2.45, 2.75) is 146 Å².